The van der Waals surface area contributed by atoms with Crippen molar-refractivity contribution >= 4 is 5.91 Å². The van der Waals surface area contributed by atoms with E-state index in [0.717, 1.165) is 11.3 Å². The Bertz CT molecular complexity index is 403. The van der Waals surface area contributed by atoms with Crippen LogP contribution in [-0.2, 0) is 11.2 Å². The largest absolute Gasteiger partial charge is 0.492 e. The number of benzene rings is 1. The Kier molecular flexibility index (Phi) is 3.64. The summed E-state index contributed by atoms with van der Waals surface area (Å²) in [5.41, 5.74) is 1.07. The van der Waals surface area contributed by atoms with E-state index < -0.39 is 6.10 Å². The highest BCUT2D eigenvalue weighted by molar-refractivity contribution is 5.79. The minimum atomic E-state index is -0.518. The summed E-state index contributed by atoms with van der Waals surface area (Å²) in [4.78, 5) is 11.8. The van der Waals surface area contributed by atoms with Gasteiger partial charge in [-0.05, 0) is 25.0 Å². The predicted molar refractivity (Wildman–Crippen MR) is 63.8 cm³/mol. The Labute approximate surface area is 101 Å². The van der Waals surface area contributed by atoms with Crippen LogP contribution in [0.4, 0.5) is 0 Å². The van der Waals surface area contributed by atoms with Crippen LogP contribution in [0.1, 0.15) is 12.5 Å². The summed E-state index contributed by atoms with van der Waals surface area (Å²) in [7, 11) is 0. The van der Waals surface area contributed by atoms with Gasteiger partial charge in [0.2, 0.25) is 5.91 Å². The molecule has 1 aromatic carbocycles. The van der Waals surface area contributed by atoms with Gasteiger partial charge >= 0.3 is 0 Å². The smallest absolute Gasteiger partial charge is 0.226 e. The first-order valence-corrected chi connectivity index (χ1v) is 5.83. The molecule has 0 bridgehead atoms. The second-order valence-electron chi connectivity index (χ2n) is 4.41. The van der Waals surface area contributed by atoms with Crippen molar-refractivity contribution in [1.82, 2.24) is 5.32 Å². The van der Waals surface area contributed by atoms with E-state index in [2.05, 4.69) is 5.32 Å². The summed E-state index contributed by atoms with van der Waals surface area (Å²) in [5.74, 6) is 0.649. The van der Waals surface area contributed by atoms with Gasteiger partial charge in [0.15, 0.2) is 0 Å². The third-order valence-electron chi connectivity index (χ3n) is 2.82. The number of rotatable bonds is 3. The van der Waals surface area contributed by atoms with E-state index >= 15 is 0 Å². The van der Waals surface area contributed by atoms with Gasteiger partial charge in [0.25, 0.3) is 0 Å². The number of para-hydroxylation sites is 1. The minimum absolute atomic E-state index is 0.0552. The van der Waals surface area contributed by atoms with Gasteiger partial charge in [-0.25, -0.2) is 0 Å². The van der Waals surface area contributed by atoms with Crippen LogP contribution >= 0.6 is 0 Å². The zero-order valence-corrected chi connectivity index (χ0v) is 9.85. The van der Waals surface area contributed by atoms with Crippen LogP contribution in [0, 0.1) is 5.92 Å². The van der Waals surface area contributed by atoms with Gasteiger partial charge in [-0.15, -0.1) is 0 Å². The Balaban J connectivity index is 1.95. The monoisotopic (exact) mass is 235 g/mol. The first-order valence-electron chi connectivity index (χ1n) is 5.83. The Morgan fingerprint density at radius 2 is 2.35 bits per heavy atom. The molecule has 2 N–H and O–H groups in total. The maximum Gasteiger partial charge on any atom is 0.226 e. The van der Waals surface area contributed by atoms with Crippen LogP contribution in [0.2, 0.25) is 0 Å². The number of carbonyl (C=O) groups is 1. The van der Waals surface area contributed by atoms with Crippen LogP contribution in [0.25, 0.3) is 0 Å². The molecule has 1 amide bonds. The van der Waals surface area contributed by atoms with Crippen LogP contribution in [0.5, 0.6) is 5.75 Å². The average molecular weight is 235 g/mol. The van der Waals surface area contributed by atoms with Crippen molar-refractivity contribution in [1.29, 1.82) is 0 Å². The van der Waals surface area contributed by atoms with E-state index in [1.54, 1.807) is 6.92 Å². The molecular formula is C13H17NO3. The van der Waals surface area contributed by atoms with E-state index in [1.807, 2.05) is 24.3 Å². The lowest BCUT2D eigenvalue weighted by molar-refractivity contribution is -0.126. The van der Waals surface area contributed by atoms with Gasteiger partial charge in [0.05, 0.1) is 12.0 Å². The zero-order chi connectivity index (χ0) is 12.3. The van der Waals surface area contributed by atoms with Crippen LogP contribution in [0.15, 0.2) is 24.3 Å². The zero-order valence-electron chi connectivity index (χ0n) is 9.85. The molecular weight excluding hydrogens is 218 g/mol. The minimum Gasteiger partial charge on any atom is -0.492 e. The molecule has 0 fully saturated rings. The number of aliphatic hydroxyl groups excluding tert-OH is 1. The van der Waals surface area contributed by atoms with Crippen LogP contribution in [-0.4, -0.2) is 30.3 Å². The summed E-state index contributed by atoms with van der Waals surface area (Å²) in [6.07, 6.45) is 0.178. The fourth-order valence-electron chi connectivity index (χ4n) is 1.89. The number of fused-ring (bicyclic) bond motifs is 1. The molecule has 0 saturated heterocycles. The van der Waals surface area contributed by atoms with Gasteiger partial charge in [-0.1, -0.05) is 18.2 Å². The highest BCUT2D eigenvalue weighted by atomic mass is 16.5. The van der Waals surface area contributed by atoms with Crippen molar-refractivity contribution < 1.29 is 14.6 Å². The average Bonchev–Trinajstić information content (AvgIpc) is 2.35. The molecule has 4 nitrogen and oxygen atoms in total. The molecule has 0 spiro atoms. The molecule has 17 heavy (non-hydrogen) atoms. The van der Waals surface area contributed by atoms with Crippen LogP contribution in [0.3, 0.4) is 0 Å². The van der Waals surface area contributed by atoms with Gasteiger partial charge in [-0.3, -0.25) is 4.79 Å². The predicted octanol–water partition coefficient (Wildman–Crippen LogP) is 0.735. The number of nitrogens with one attached hydrogen (secondary N) is 1. The van der Waals surface area contributed by atoms with Crippen molar-refractivity contribution in [3.05, 3.63) is 29.8 Å². The van der Waals surface area contributed by atoms with Crippen molar-refractivity contribution in [3.8, 4) is 5.75 Å². The summed E-state index contributed by atoms with van der Waals surface area (Å²) in [5, 5.41) is 11.8. The Morgan fingerprint density at radius 1 is 1.59 bits per heavy atom. The molecule has 1 aromatic rings. The lowest BCUT2D eigenvalue weighted by Gasteiger charge is -2.24. The van der Waals surface area contributed by atoms with E-state index in [9.17, 15) is 4.79 Å². The maximum atomic E-state index is 11.8. The first kappa shape index (κ1) is 11.9. The molecule has 4 heteroatoms. The number of hydrogen-bond donors (Lipinski definition) is 2. The van der Waals surface area contributed by atoms with Gasteiger partial charge in [-0.2, -0.15) is 0 Å². The lowest BCUT2D eigenvalue weighted by Crippen LogP contribution is -2.40. The topological polar surface area (TPSA) is 58.6 Å². The Hall–Kier alpha value is -1.55. The normalized spacial score (nSPS) is 20.0. The molecule has 0 saturated carbocycles. The van der Waals surface area contributed by atoms with Gasteiger partial charge < -0.3 is 15.2 Å². The van der Waals surface area contributed by atoms with Crippen molar-refractivity contribution in [2.24, 2.45) is 5.92 Å². The standard InChI is InChI=1S/C13H17NO3/c1-9(15)7-14-13(16)11-6-10-4-2-3-5-12(10)17-8-11/h2-5,9,11,15H,6-8H2,1H3,(H,14,16)/t9-,11?/m1/s1. The van der Waals surface area contributed by atoms with E-state index in [1.165, 1.54) is 0 Å². The lowest BCUT2D eigenvalue weighted by atomic mass is 9.96. The molecule has 2 atom stereocenters. The molecule has 92 valence electrons. The number of carbonyl (C=O) groups excluding carboxylic acids is 1. The van der Waals surface area contributed by atoms with Crippen molar-refractivity contribution in [2.75, 3.05) is 13.2 Å². The van der Waals surface area contributed by atoms with Gasteiger partial charge in [0.1, 0.15) is 12.4 Å². The maximum absolute atomic E-state index is 11.8. The summed E-state index contributed by atoms with van der Waals surface area (Å²) >= 11 is 0. The SMILES string of the molecule is C[C@@H](O)CNC(=O)C1COc2ccccc2C1. The highest BCUT2D eigenvalue weighted by Crippen LogP contribution is 2.26. The summed E-state index contributed by atoms with van der Waals surface area (Å²) < 4.78 is 5.54. The first-order chi connectivity index (χ1) is 8.16. The molecule has 2 rings (SSSR count). The van der Waals surface area contributed by atoms with Crippen molar-refractivity contribution in [2.45, 2.75) is 19.4 Å². The van der Waals surface area contributed by atoms with Crippen LogP contribution < -0.4 is 10.1 Å². The number of hydrogen-bond acceptors (Lipinski definition) is 3. The Morgan fingerprint density at radius 3 is 3.12 bits per heavy atom. The van der Waals surface area contributed by atoms with E-state index in [-0.39, 0.29) is 18.4 Å². The molecule has 0 aliphatic carbocycles. The fourth-order valence-corrected chi connectivity index (χ4v) is 1.89. The molecule has 1 heterocycles. The molecule has 0 radical (unpaired) electrons. The van der Waals surface area contributed by atoms with E-state index in [0.29, 0.717) is 13.0 Å². The van der Waals surface area contributed by atoms with E-state index in [4.69, 9.17) is 9.84 Å². The second-order valence-corrected chi connectivity index (χ2v) is 4.41. The number of amides is 1. The second kappa shape index (κ2) is 5.19. The molecule has 1 aliphatic heterocycles. The summed E-state index contributed by atoms with van der Waals surface area (Å²) in [6.45, 7) is 2.34. The quantitative estimate of drug-likeness (QED) is 0.812. The van der Waals surface area contributed by atoms with Gasteiger partial charge in [0, 0.05) is 6.54 Å². The number of aliphatic hydroxyl groups is 1. The summed E-state index contributed by atoms with van der Waals surface area (Å²) in [6, 6.07) is 7.76. The molecule has 1 unspecified atom stereocenters. The molecule has 0 aromatic heterocycles. The molecule has 1 aliphatic rings. The fraction of sp³-hybridized carbons (Fsp3) is 0.462. The third kappa shape index (κ3) is 2.97. The number of ether oxygens (including phenoxy) is 1. The third-order valence-corrected chi connectivity index (χ3v) is 2.82. The van der Waals surface area contributed by atoms with Crippen molar-refractivity contribution in [3.63, 3.8) is 0 Å². The highest BCUT2D eigenvalue weighted by Gasteiger charge is 2.25.